The van der Waals surface area contributed by atoms with Gasteiger partial charge in [-0.15, -0.1) is 0 Å². The molecule has 2 atom stereocenters. The monoisotopic (exact) mass is 435 g/mol. The average Bonchev–Trinajstić information content (AvgIpc) is 2.67. The van der Waals surface area contributed by atoms with Crippen LogP contribution in [-0.2, 0) is 14.8 Å². The normalized spacial score (nSPS) is 20.3. The van der Waals surface area contributed by atoms with Crippen LogP contribution in [0.15, 0.2) is 58.6 Å². The highest BCUT2D eigenvalue weighted by molar-refractivity contribution is 7.99. The number of piperidine rings is 1. The van der Waals surface area contributed by atoms with E-state index in [4.69, 9.17) is 0 Å². The fraction of sp³-hybridized carbons (Fsp3) is 0.400. The second kappa shape index (κ2) is 9.15. The molecule has 1 N–H and O–H groups in total. The molecule has 1 aliphatic heterocycles. The van der Waals surface area contributed by atoms with E-state index in [0.29, 0.717) is 40.4 Å². The lowest BCUT2D eigenvalue weighted by Crippen LogP contribution is -2.42. The highest BCUT2D eigenvalue weighted by Crippen LogP contribution is 2.27. The summed E-state index contributed by atoms with van der Waals surface area (Å²) in [5.41, 5.74) is 0.512. The van der Waals surface area contributed by atoms with Crippen LogP contribution in [0.3, 0.4) is 0 Å². The van der Waals surface area contributed by atoms with Gasteiger partial charge in [-0.1, -0.05) is 13.8 Å². The van der Waals surface area contributed by atoms with Gasteiger partial charge >= 0.3 is 0 Å². The van der Waals surface area contributed by atoms with Crippen LogP contribution in [0, 0.1) is 17.0 Å². The molecule has 0 radical (unpaired) electrons. The minimum atomic E-state index is -3.55. The topological polar surface area (TPSA) is 93.4 Å². The molecule has 0 spiro atoms. The fourth-order valence-electron chi connectivity index (χ4n) is 3.52. The van der Waals surface area contributed by atoms with Gasteiger partial charge in [0.1, 0.15) is 0 Å². The van der Waals surface area contributed by atoms with Crippen LogP contribution in [0.1, 0.15) is 20.3 Å². The minimum Gasteiger partial charge on any atom is -0.618 e. The first-order valence-corrected chi connectivity index (χ1v) is 11.9. The van der Waals surface area contributed by atoms with E-state index >= 15 is 0 Å². The Morgan fingerprint density at radius 1 is 1.17 bits per heavy atom. The molecule has 0 bridgehead atoms. The number of amides is 1. The third-order valence-electron chi connectivity index (χ3n) is 4.75. The van der Waals surface area contributed by atoms with Crippen LogP contribution in [0.2, 0.25) is 0 Å². The molecule has 0 saturated carbocycles. The smallest absolute Gasteiger partial charge is 0.251 e. The van der Waals surface area contributed by atoms with Crippen molar-refractivity contribution in [2.75, 3.05) is 24.2 Å². The molecule has 1 saturated heterocycles. The van der Waals surface area contributed by atoms with Crippen molar-refractivity contribution in [2.24, 2.45) is 11.8 Å². The summed E-state index contributed by atoms with van der Waals surface area (Å²) < 4.78 is 28.1. The van der Waals surface area contributed by atoms with Crippen LogP contribution in [-0.4, -0.2) is 37.5 Å². The summed E-state index contributed by atoms with van der Waals surface area (Å²) in [5.74, 6) is 0.479. The van der Waals surface area contributed by atoms with Crippen molar-refractivity contribution >= 4 is 33.4 Å². The van der Waals surface area contributed by atoms with Gasteiger partial charge in [0, 0.05) is 30.9 Å². The zero-order valence-electron chi connectivity index (χ0n) is 16.4. The van der Waals surface area contributed by atoms with Gasteiger partial charge in [0.15, 0.2) is 6.20 Å². The van der Waals surface area contributed by atoms with Crippen molar-refractivity contribution in [3.63, 3.8) is 0 Å². The van der Waals surface area contributed by atoms with E-state index in [1.807, 2.05) is 0 Å². The molecule has 9 heteroatoms. The van der Waals surface area contributed by atoms with Gasteiger partial charge in [-0.05, 0) is 60.4 Å². The molecule has 0 unspecified atom stereocenters. The molecular formula is C20H25N3O4S2. The van der Waals surface area contributed by atoms with E-state index in [1.165, 1.54) is 18.3 Å². The summed E-state index contributed by atoms with van der Waals surface area (Å²) in [6.07, 6.45) is 2.41. The number of anilines is 1. The standard InChI is InChI=1S/C20H25N3O4S2/c1-15-11-16(2)13-22(12-15)29(26,27)18-8-6-17(7-9-18)21-19(24)14-28-20-5-3-4-10-23(20)25/h3-10,15-16H,11-14H2,1-2H3,(H,21,24)/t15-,16-/m0/s1. The van der Waals surface area contributed by atoms with E-state index < -0.39 is 10.0 Å². The number of thioether (sulfide) groups is 1. The highest BCUT2D eigenvalue weighted by Gasteiger charge is 2.31. The number of rotatable bonds is 6. The molecule has 1 aromatic heterocycles. The van der Waals surface area contributed by atoms with Gasteiger partial charge in [0.05, 0.1) is 10.6 Å². The summed E-state index contributed by atoms with van der Waals surface area (Å²) in [4.78, 5) is 12.4. The Morgan fingerprint density at radius 3 is 2.45 bits per heavy atom. The second-order valence-electron chi connectivity index (χ2n) is 7.49. The Balaban J connectivity index is 1.61. The Kier molecular flexibility index (Phi) is 6.81. The van der Waals surface area contributed by atoms with Crippen molar-refractivity contribution in [1.82, 2.24) is 4.31 Å². The predicted molar refractivity (Wildman–Crippen MR) is 113 cm³/mol. The van der Waals surface area contributed by atoms with Crippen molar-refractivity contribution in [3.8, 4) is 0 Å². The number of nitrogens with zero attached hydrogens (tertiary/aromatic N) is 2. The minimum absolute atomic E-state index is 0.0792. The first kappa shape index (κ1) is 21.6. The lowest BCUT2D eigenvalue weighted by atomic mass is 9.94. The number of carbonyl (C=O) groups is 1. The third kappa shape index (κ3) is 5.49. The highest BCUT2D eigenvalue weighted by atomic mass is 32.2. The van der Waals surface area contributed by atoms with Gasteiger partial charge in [-0.2, -0.15) is 9.04 Å². The predicted octanol–water partition coefficient (Wildman–Crippen LogP) is 2.72. The van der Waals surface area contributed by atoms with E-state index in [2.05, 4.69) is 19.2 Å². The number of hydrogen-bond donors (Lipinski definition) is 1. The first-order chi connectivity index (χ1) is 13.8. The molecule has 2 aromatic rings. The van der Waals surface area contributed by atoms with E-state index in [-0.39, 0.29) is 16.6 Å². The SMILES string of the molecule is C[C@H]1C[C@H](C)CN(S(=O)(=O)c2ccc(NC(=O)CSc3cccc[n+]3[O-])cc2)C1. The van der Waals surface area contributed by atoms with Crippen molar-refractivity contribution in [1.29, 1.82) is 0 Å². The zero-order valence-corrected chi connectivity index (χ0v) is 18.1. The third-order valence-corrected chi connectivity index (χ3v) is 7.62. The first-order valence-electron chi connectivity index (χ1n) is 9.47. The Hall–Kier alpha value is -2.10. The van der Waals surface area contributed by atoms with Crippen molar-refractivity contribution < 1.29 is 17.9 Å². The summed E-state index contributed by atoms with van der Waals surface area (Å²) in [6.45, 7) is 5.19. The summed E-state index contributed by atoms with van der Waals surface area (Å²) in [5, 5.41) is 14.8. The number of nitrogens with one attached hydrogen (secondary N) is 1. The lowest BCUT2D eigenvalue weighted by Gasteiger charge is -2.34. The summed E-state index contributed by atoms with van der Waals surface area (Å²) in [7, 11) is -3.55. The summed E-state index contributed by atoms with van der Waals surface area (Å²) >= 11 is 1.14. The maximum atomic E-state index is 12.9. The average molecular weight is 436 g/mol. The molecule has 1 aromatic carbocycles. The number of sulfonamides is 1. The van der Waals surface area contributed by atoms with Gasteiger partial charge in [-0.3, -0.25) is 4.79 Å². The molecule has 0 aliphatic carbocycles. The van der Waals surface area contributed by atoms with E-state index in [9.17, 15) is 18.4 Å². The Bertz CT molecular complexity index is 954. The maximum Gasteiger partial charge on any atom is 0.251 e. The van der Waals surface area contributed by atoms with E-state index in [0.717, 1.165) is 18.2 Å². The van der Waals surface area contributed by atoms with E-state index in [1.54, 1.807) is 34.6 Å². The van der Waals surface area contributed by atoms with Gasteiger partial charge in [0.2, 0.25) is 15.9 Å². The molecule has 1 aliphatic rings. The molecule has 1 amide bonds. The van der Waals surface area contributed by atoms with Gasteiger partial charge in [0.25, 0.3) is 5.03 Å². The number of aromatic nitrogens is 1. The molecule has 3 rings (SSSR count). The fourth-order valence-corrected chi connectivity index (χ4v) is 5.92. The molecule has 29 heavy (non-hydrogen) atoms. The van der Waals surface area contributed by atoms with Crippen molar-refractivity contribution in [2.45, 2.75) is 30.2 Å². The molecular weight excluding hydrogens is 410 g/mol. The Labute approximate surface area is 175 Å². The van der Waals surface area contributed by atoms with Crippen LogP contribution in [0.5, 0.6) is 0 Å². The quantitative estimate of drug-likeness (QED) is 0.428. The van der Waals surface area contributed by atoms with Crippen LogP contribution >= 0.6 is 11.8 Å². The molecule has 156 valence electrons. The summed E-state index contributed by atoms with van der Waals surface area (Å²) in [6, 6.07) is 11.2. The van der Waals surface area contributed by atoms with Crippen LogP contribution in [0.25, 0.3) is 0 Å². The number of benzene rings is 1. The number of hydrogen-bond acceptors (Lipinski definition) is 5. The molecule has 1 fully saturated rings. The molecule has 2 heterocycles. The second-order valence-corrected chi connectivity index (χ2v) is 10.4. The number of pyridine rings is 1. The van der Waals surface area contributed by atoms with Crippen LogP contribution in [0.4, 0.5) is 5.69 Å². The van der Waals surface area contributed by atoms with Crippen molar-refractivity contribution in [3.05, 3.63) is 53.9 Å². The molecule has 7 nitrogen and oxygen atoms in total. The van der Waals surface area contributed by atoms with Gasteiger partial charge in [-0.25, -0.2) is 8.42 Å². The zero-order chi connectivity index (χ0) is 21.0. The Morgan fingerprint density at radius 2 is 1.83 bits per heavy atom. The maximum absolute atomic E-state index is 12.9. The largest absolute Gasteiger partial charge is 0.618 e. The number of carbonyl (C=O) groups excluding carboxylic acids is 1. The van der Waals surface area contributed by atoms with Crippen LogP contribution < -0.4 is 10.0 Å². The lowest BCUT2D eigenvalue weighted by molar-refractivity contribution is -0.645. The van der Waals surface area contributed by atoms with Gasteiger partial charge < -0.3 is 10.5 Å².